The van der Waals surface area contributed by atoms with Crippen molar-refractivity contribution in [1.29, 1.82) is 0 Å². The van der Waals surface area contributed by atoms with Crippen molar-refractivity contribution in [1.82, 2.24) is 10.3 Å². The fourth-order valence-electron chi connectivity index (χ4n) is 1.64. The van der Waals surface area contributed by atoms with Crippen LogP contribution in [0.25, 0.3) is 0 Å². The summed E-state index contributed by atoms with van der Waals surface area (Å²) >= 11 is 0. The summed E-state index contributed by atoms with van der Waals surface area (Å²) < 4.78 is 24.5. The number of pyridine rings is 1. The molecular formula is C12H19F2N3. The van der Waals surface area contributed by atoms with Crippen LogP contribution in [0.15, 0.2) is 18.3 Å². The number of hydrogen-bond donors (Lipinski definition) is 1. The molecule has 1 aromatic heterocycles. The van der Waals surface area contributed by atoms with E-state index in [1.54, 1.807) is 13.2 Å². The van der Waals surface area contributed by atoms with E-state index in [2.05, 4.69) is 10.3 Å². The highest BCUT2D eigenvalue weighted by Crippen LogP contribution is 2.17. The quantitative estimate of drug-likeness (QED) is 0.832. The lowest BCUT2D eigenvalue weighted by Gasteiger charge is -2.19. The average molecular weight is 243 g/mol. The van der Waals surface area contributed by atoms with Gasteiger partial charge in [-0.3, -0.25) is 0 Å². The molecule has 1 atom stereocenters. The number of alkyl halides is 2. The van der Waals surface area contributed by atoms with Gasteiger partial charge in [0.05, 0.1) is 6.54 Å². The van der Waals surface area contributed by atoms with Crippen molar-refractivity contribution in [3.8, 4) is 0 Å². The fraction of sp³-hybridized carbons (Fsp3) is 0.583. The number of nitrogens with one attached hydrogen (secondary N) is 1. The van der Waals surface area contributed by atoms with Crippen molar-refractivity contribution < 1.29 is 8.78 Å². The maximum atomic E-state index is 12.3. The third-order valence-electron chi connectivity index (χ3n) is 2.58. The highest BCUT2D eigenvalue weighted by molar-refractivity contribution is 5.41. The summed E-state index contributed by atoms with van der Waals surface area (Å²) in [4.78, 5) is 5.56. The van der Waals surface area contributed by atoms with E-state index in [0.29, 0.717) is 5.82 Å². The molecule has 17 heavy (non-hydrogen) atoms. The zero-order valence-corrected chi connectivity index (χ0v) is 10.5. The van der Waals surface area contributed by atoms with Crippen LogP contribution in [0.1, 0.15) is 25.5 Å². The van der Waals surface area contributed by atoms with Gasteiger partial charge >= 0.3 is 0 Å². The number of nitrogens with zero attached hydrogens (tertiary/aromatic N) is 2. The molecule has 0 bridgehead atoms. The molecule has 3 nitrogen and oxygen atoms in total. The van der Waals surface area contributed by atoms with Gasteiger partial charge in [0, 0.05) is 19.3 Å². The van der Waals surface area contributed by atoms with Gasteiger partial charge in [0.2, 0.25) is 0 Å². The second-order valence-electron chi connectivity index (χ2n) is 4.00. The van der Waals surface area contributed by atoms with Gasteiger partial charge in [-0.15, -0.1) is 0 Å². The van der Waals surface area contributed by atoms with Crippen LogP contribution in [0.4, 0.5) is 14.6 Å². The first-order chi connectivity index (χ1) is 8.04. The van der Waals surface area contributed by atoms with E-state index in [4.69, 9.17) is 0 Å². The Labute approximate surface area is 101 Å². The van der Waals surface area contributed by atoms with E-state index in [0.717, 1.165) is 12.1 Å². The molecule has 1 unspecified atom stereocenters. The molecule has 1 heterocycles. The van der Waals surface area contributed by atoms with E-state index in [1.807, 2.05) is 26.0 Å². The van der Waals surface area contributed by atoms with Gasteiger partial charge in [-0.1, -0.05) is 6.92 Å². The lowest BCUT2D eigenvalue weighted by atomic mass is 10.1. The molecule has 0 fully saturated rings. The topological polar surface area (TPSA) is 28.2 Å². The second kappa shape index (κ2) is 6.49. The highest BCUT2D eigenvalue weighted by Gasteiger charge is 2.11. The van der Waals surface area contributed by atoms with Crippen LogP contribution in [-0.4, -0.2) is 31.5 Å². The summed E-state index contributed by atoms with van der Waals surface area (Å²) in [6.07, 6.45) is -0.697. The molecule has 1 N–H and O–H groups in total. The van der Waals surface area contributed by atoms with Gasteiger partial charge in [-0.05, 0) is 31.2 Å². The largest absolute Gasteiger partial charge is 0.354 e. The van der Waals surface area contributed by atoms with E-state index in [1.165, 1.54) is 4.90 Å². The number of hydrogen-bond acceptors (Lipinski definition) is 3. The third-order valence-corrected chi connectivity index (χ3v) is 2.58. The molecule has 0 amide bonds. The monoisotopic (exact) mass is 243 g/mol. The van der Waals surface area contributed by atoms with Gasteiger partial charge in [0.25, 0.3) is 6.43 Å². The Kier molecular flexibility index (Phi) is 5.28. The minimum Gasteiger partial charge on any atom is -0.354 e. The lowest BCUT2D eigenvalue weighted by molar-refractivity contribution is 0.156. The first-order valence-electron chi connectivity index (χ1n) is 5.73. The molecule has 0 aromatic carbocycles. The predicted molar refractivity (Wildman–Crippen MR) is 65.6 cm³/mol. The Bertz CT molecular complexity index is 344. The summed E-state index contributed by atoms with van der Waals surface area (Å²) in [5.74, 6) is 0.576. The van der Waals surface area contributed by atoms with Crippen LogP contribution < -0.4 is 10.2 Å². The smallest absolute Gasteiger partial charge is 0.255 e. The minimum absolute atomic E-state index is 0.196. The summed E-state index contributed by atoms with van der Waals surface area (Å²) in [6.45, 7) is 4.63. The summed E-state index contributed by atoms with van der Waals surface area (Å²) in [5, 5.41) is 3.27. The van der Waals surface area contributed by atoms with Crippen molar-refractivity contribution in [3.05, 3.63) is 23.9 Å². The van der Waals surface area contributed by atoms with Gasteiger partial charge in [0.15, 0.2) is 0 Å². The molecule has 1 aromatic rings. The van der Waals surface area contributed by atoms with E-state index >= 15 is 0 Å². The van der Waals surface area contributed by atoms with Gasteiger partial charge < -0.3 is 10.2 Å². The first kappa shape index (κ1) is 13.8. The minimum atomic E-state index is -2.35. The van der Waals surface area contributed by atoms with Crippen LogP contribution >= 0.6 is 0 Å². The Morgan fingerprint density at radius 2 is 2.18 bits per heavy atom. The molecule has 0 aliphatic carbocycles. The molecular weight excluding hydrogens is 224 g/mol. The zero-order valence-electron chi connectivity index (χ0n) is 10.5. The van der Waals surface area contributed by atoms with Crippen LogP contribution in [0.3, 0.4) is 0 Å². The SMILES string of the molecule is CCNC(C)c1ccnc(N(C)CC(F)F)c1. The Hall–Kier alpha value is -1.23. The molecule has 96 valence electrons. The third kappa shape index (κ3) is 4.26. The van der Waals surface area contributed by atoms with E-state index in [9.17, 15) is 8.78 Å². The zero-order chi connectivity index (χ0) is 12.8. The number of rotatable bonds is 6. The first-order valence-corrected chi connectivity index (χ1v) is 5.73. The Balaban J connectivity index is 2.77. The van der Waals surface area contributed by atoms with Crippen LogP contribution in [0, 0.1) is 0 Å². The second-order valence-corrected chi connectivity index (χ2v) is 4.00. The predicted octanol–water partition coefficient (Wildman–Crippen LogP) is 2.45. The van der Waals surface area contributed by atoms with Crippen molar-refractivity contribution in [2.24, 2.45) is 0 Å². The van der Waals surface area contributed by atoms with Gasteiger partial charge in [-0.25, -0.2) is 13.8 Å². The van der Waals surface area contributed by atoms with Crippen molar-refractivity contribution >= 4 is 5.82 Å². The van der Waals surface area contributed by atoms with Crippen LogP contribution in [0.5, 0.6) is 0 Å². The summed E-state index contributed by atoms with van der Waals surface area (Å²) in [7, 11) is 1.62. The number of halogens is 2. The molecule has 0 spiro atoms. The van der Waals surface area contributed by atoms with Crippen molar-refractivity contribution in [3.63, 3.8) is 0 Å². The number of aromatic nitrogens is 1. The van der Waals surface area contributed by atoms with Crippen LogP contribution in [0.2, 0.25) is 0 Å². The van der Waals surface area contributed by atoms with Crippen molar-refractivity contribution in [2.45, 2.75) is 26.3 Å². The Morgan fingerprint density at radius 1 is 1.47 bits per heavy atom. The Morgan fingerprint density at radius 3 is 2.76 bits per heavy atom. The summed E-state index contributed by atoms with van der Waals surface area (Å²) in [5.41, 5.74) is 1.05. The summed E-state index contributed by atoms with van der Waals surface area (Å²) in [6, 6.07) is 3.93. The molecule has 0 saturated carbocycles. The van der Waals surface area contributed by atoms with E-state index < -0.39 is 6.43 Å². The molecule has 0 radical (unpaired) electrons. The fourth-order valence-corrected chi connectivity index (χ4v) is 1.64. The van der Waals surface area contributed by atoms with Crippen molar-refractivity contribution in [2.75, 3.05) is 25.0 Å². The average Bonchev–Trinajstić information content (AvgIpc) is 2.28. The molecule has 0 aliphatic rings. The lowest BCUT2D eigenvalue weighted by Crippen LogP contribution is -2.25. The molecule has 0 saturated heterocycles. The van der Waals surface area contributed by atoms with Gasteiger partial charge in [-0.2, -0.15) is 0 Å². The standard InChI is InChI=1S/C12H19F2N3/c1-4-15-9(2)10-5-6-16-12(7-10)17(3)8-11(13)14/h5-7,9,11,15H,4,8H2,1-3H3. The normalized spacial score (nSPS) is 12.8. The maximum Gasteiger partial charge on any atom is 0.255 e. The molecule has 1 rings (SSSR count). The molecule has 0 aliphatic heterocycles. The number of anilines is 1. The van der Waals surface area contributed by atoms with Gasteiger partial charge in [0.1, 0.15) is 5.82 Å². The highest BCUT2D eigenvalue weighted by atomic mass is 19.3. The maximum absolute atomic E-state index is 12.3. The van der Waals surface area contributed by atoms with Crippen LogP contribution in [-0.2, 0) is 0 Å². The van der Waals surface area contributed by atoms with E-state index in [-0.39, 0.29) is 12.6 Å². The molecule has 5 heteroatoms.